The van der Waals surface area contributed by atoms with Crippen LogP contribution in [0.5, 0.6) is 0 Å². The maximum Gasteiger partial charge on any atom is 0.278 e. The van der Waals surface area contributed by atoms with Gasteiger partial charge in [0.1, 0.15) is 23.3 Å². The summed E-state index contributed by atoms with van der Waals surface area (Å²) in [6.45, 7) is 4.84. The molecule has 1 saturated heterocycles. The molecule has 3 aromatic rings. The van der Waals surface area contributed by atoms with Crippen LogP contribution in [0.2, 0.25) is 0 Å². The number of anilines is 2. The van der Waals surface area contributed by atoms with E-state index in [0.29, 0.717) is 54.8 Å². The first-order chi connectivity index (χ1) is 18.9. The molecule has 16 heteroatoms. The molecule has 5 rings (SSSR count). The maximum atomic E-state index is 13.5. The van der Waals surface area contributed by atoms with Gasteiger partial charge in [0.05, 0.1) is 17.3 Å². The number of benzene rings is 1. The fourth-order valence-corrected chi connectivity index (χ4v) is 6.83. The summed E-state index contributed by atoms with van der Waals surface area (Å²) in [6, 6.07) is 8.27. The number of aryl methyl sites for hydroxylation is 2. The zero-order valence-corrected chi connectivity index (χ0v) is 23.7. The molecule has 40 heavy (non-hydrogen) atoms. The topological polar surface area (TPSA) is 174 Å². The van der Waals surface area contributed by atoms with Crippen LogP contribution in [0.25, 0.3) is 0 Å². The minimum Gasteiger partial charge on any atom is -0.338 e. The summed E-state index contributed by atoms with van der Waals surface area (Å²) in [7, 11) is -7.46. The average Bonchev–Trinajstić information content (AvgIpc) is 3.50. The van der Waals surface area contributed by atoms with E-state index in [1.54, 1.807) is 32.0 Å². The first kappa shape index (κ1) is 27.5. The number of rotatable bonds is 6. The van der Waals surface area contributed by atoms with E-state index >= 15 is 0 Å². The van der Waals surface area contributed by atoms with Gasteiger partial charge >= 0.3 is 0 Å². The Bertz CT molecular complexity index is 1760. The molecular formula is C24H27N9O5S2. The van der Waals surface area contributed by atoms with Crippen molar-refractivity contribution in [2.45, 2.75) is 25.2 Å². The van der Waals surface area contributed by atoms with Gasteiger partial charge in [-0.1, -0.05) is 0 Å². The Balaban J connectivity index is 1.32. The van der Waals surface area contributed by atoms with Gasteiger partial charge in [0.2, 0.25) is 26.0 Å². The molecule has 1 fully saturated rings. The van der Waals surface area contributed by atoms with Crippen LogP contribution in [0.4, 0.5) is 11.6 Å². The van der Waals surface area contributed by atoms with E-state index in [-0.39, 0.29) is 29.4 Å². The molecule has 14 nitrogen and oxygen atoms in total. The van der Waals surface area contributed by atoms with E-state index in [0.717, 1.165) is 10.9 Å². The third-order valence-corrected chi connectivity index (χ3v) is 9.13. The summed E-state index contributed by atoms with van der Waals surface area (Å²) in [5.41, 5.74) is 2.22. The molecule has 0 saturated carbocycles. The minimum atomic E-state index is -3.80. The van der Waals surface area contributed by atoms with Crippen LogP contribution in [0.3, 0.4) is 0 Å². The Morgan fingerprint density at radius 1 is 1.02 bits per heavy atom. The van der Waals surface area contributed by atoms with Crippen LogP contribution >= 0.6 is 0 Å². The molecule has 2 aliphatic heterocycles. The SMILES string of the molecule is Cc1cc(C#N)nc(N2CCN(S(=O)(=O)c3ccc4c(c3)CCN4C(=O)c3cnc(C)n3NS(C)(=O)=O)CC2)n1. The lowest BCUT2D eigenvalue weighted by Gasteiger charge is -2.34. The van der Waals surface area contributed by atoms with Gasteiger partial charge in [-0.25, -0.2) is 41.3 Å². The van der Waals surface area contributed by atoms with Crippen LogP contribution in [-0.2, 0) is 26.5 Å². The maximum absolute atomic E-state index is 13.5. The van der Waals surface area contributed by atoms with Gasteiger partial charge in [-0.15, -0.1) is 0 Å². The number of nitriles is 1. The second kappa shape index (κ2) is 10.2. The number of hydrogen-bond acceptors (Lipinski definition) is 10. The Hall–Kier alpha value is -4.07. The normalized spacial score (nSPS) is 16.1. The minimum absolute atomic E-state index is 0.0461. The smallest absolute Gasteiger partial charge is 0.278 e. The summed E-state index contributed by atoms with van der Waals surface area (Å²) >= 11 is 0. The highest BCUT2D eigenvalue weighted by molar-refractivity contribution is 7.91. The fourth-order valence-electron chi connectivity index (χ4n) is 4.79. The Labute approximate surface area is 232 Å². The van der Waals surface area contributed by atoms with Crippen molar-refractivity contribution in [1.82, 2.24) is 23.9 Å². The number of imidazole rings is 1. The molecule has 0 spiro atoms. The molecule has 2 aliphatic rings. The third-order valence-electron chi connectivity index (χ3n) is 6.72. The largest absolute Gasteiger partial charge is 0.338 e. The van der Waals surface area contributed by atoms with Gasteiger partial charge in [0.25, 0.3) is 5.91 Å². The second-order valence-electron chi connectivity index (χ2n) is 9.58. The van der Waals surface area contributed by atoms with Crippen molar-refractivity contribution >= 4 is 37.6 Å². The zero-order chi connectivity index (χ0) is 28.8. The lowest BCUT2D eigenvalue weighted by atomic mass is 10.2. The van der Waals surface area contributed by atoms with E-state index in [1.807, 2.05) is 11.0 Å². The van der Waals surface area contributed by atoms with Gasteiger partial charge in [0.15, 0.2) is 0 Å². The van der Waals surface area contributed by atoms with Crippen LogP contribution in [-0.4, -0.2) is 85.7 Å². The van der Waals surface area contributed by atoms with Crippen LogP contribution in [0, 0.1) is 25.2 Å². The number of piperazine rings is 1. The first-order valence-corrected chi connectivity index (χ1v) is 15.7. The van der Waals surface area contributed by atoms with E-state index < -0.39 is 26.0 Å². The fraction of sp³-hybridized carbons (Fsp3) is 0.375. The molecule has 1 amide bonds. The van der Waals surface area contributed by atoms with Crippen molar-refractivity contribution in [2.75, 3.05) is 53.6 Å². The quantitative estimate of drug-likeness (QED) is 0.426. The number of aromatic nitrogens is 4. The summed E-state index contributed by atoms with van der Waals surface area (Å²) in [4.78, 5) is 31.8. The second-order valence-corrected chi connectivity index (χ2v) is 13.2. The van der Waals surface area contributed by atoms with Crippen LogP contribution in [0.1, 0.15) is 33.3 Å². The number of nitrogens with one attached hydrogen (secondary N) is 1. The molecule has 1 N–H and O–H groups in total. The number of carbonyl (C=O) groups is 1. The number of sulfonamides is 2. The van der Waals surface area contributed by atoms with Crippen LogP contribution in [0.15, 0.2) is 35.4 Å². The Morgan fingerprint density at radius 2 is 1.75 bits per heavy atom. The van der Waals surface area contributed by atoms with Gasteiger partial charge in [-0.2, -0.15) is 9.57 Å². The lowest BCUT2D eigenvalue weighted by molar-refractivity contribution is 0.0982. The number of fused-ring (bicyclic) bond motifs is 1. The highest BCUT2D eigenvalue weighted by atomic mass is 32.2. The van der Waals surface area contributed by atoms with Crippen molar-refractivity contribution in [3.8, 4) is 6.07 Å². The molecule has 0 aliphatic carbocycles. The monoisotopic (exact) mass is 585 g/mol. The van der Waals surface area contributed by atoms with Crippen molar-refractivity contribution in [3.63, 3.8) is 0 Å². The van der Waals surface area contributed by atoms with Crippen molar-refractivity contribution < 1.29 is 21.6 Å². The average molecular weight is 586 g/mol. The zero-order valence-electron chi connectivity index (χ0n) is 22.1. The highest BCUT2D eigenvalue weighted by Crippen LogP contribution is 2.32. The molecule has 2 aromatic heterocycles. The molecule has 0 unspecified atom stereocenters. The number of amides is 1. The molecule has 0 atom stereocenters. The third kappa shape index (κ3) is 5.22. The van der Waals surface area contributed by atoms with Crippen molar-refractivity contribution in [2.24, 2.45) is 0 Å². The highest BCUT2D eigenvalue weighted by Gasteiger charge is 2.33. The lowest BCUT2D eigenvalue weighted by Crippen LogP contribution is -2.49. The predicted octanol–water partition coefficient (Wildman–Crippen LogP) is 0.379. The van der Waals surface area contributed by atoms with Gasteiger partial charge in [0, 0.05) is 44.1 Å². The summed E-state index contributed by atoms with van der Waals surface area (Å²) < 4.78 is 53.0. The molecular weight excluding hydrogens is 558 g/mol. The van der Waals surface area contributed by atoms with E-state index in [4.69, 9.17) is 0 Å². The standard InChI is InChI=1S/C24H27N9O5S2/c1-16-12-19(14-25)28-24(27-16)30-8-10-31(11-9-30)40(37,38)20-4-5-21-18(13-20)6-7-32(21)23(34)22-15-26-17(2)33(22)29-39(3,35)36/h4-5,12-13,15,29H,6-11H2,1-3H3. The Kier molecular flexibility index (Phi) is 6.98. The molecule has 4 heterocycles. The van der Waals surface area contributed by atoms with Crippen LogP contribution < -0.4 is 14.6 Å². The van der Waals surface area contributed by atoms with Gasteiger partial charge in [-0.05, 0) is 50.1 Å². The van der Waals surface area contributed by atoms with Crippen molar-refractivity contribution in [1.29, 1.82) is 5.26 Å². The first-order valence-electron chi connectivity index (χ1n) is 12.4. The molecule has 0 bridgehead atoms. The number of hydrogen-bond donors (Lipinski definition) is 1. The summed E-state index contributed by atoms with van der Waals surface area (Å²) in [5, 5.41) is 9.19. The Morgan fingerprint density at radius 3 is 2.42 bits per heavy atom. The van der Waals surface area contributed by atoms with E-state index in [2.05, 4.69) is 19.8 Å². The molecule has 210 valence electrons. The summed E-state index contributed by atoms with van der Waals surface area (Å²) in [5.74, 6) is 0.244. The number of nitrogens with zero attached hydrogens (tertiary/aromatic N) is 8. The summed E-state index contributed by atoms with van der Waals surface area (Å²) in [6.07, 6.45) is 2.72. The number of carbonyl (C=O) groups excluding carboxylic acids is 1. The van der Waals surface area contributed by atoms with E-state index in [9.17, 15) is 26.9 Å². The molecule has 1 aromatic carbocycles. The molecule has 0 radical (unpaired) electrons. The van der Waals surface area contributed by atoms with Gasteiger partial charge in [-0.3, -0.25) is 4.79 Å². The van der Waals surface area contributed by atoms with E-state index in [1.165, 1.54) is 21.5 Å². The van der Waals surface area contributed by atoms with Gasteiger partial charge < -0.3 is 9.80 Å². The predicted molar refractivity (Wildman–Crippen MR) is 145 cm³/mol. The van der Waals surface area contributed by atoms with Crippen molar-refractivity contribution in [3.05, 3.63) is 58.9 Å².